The van der Waals surface area contributed by atoms with Gasteiger partial charge in [0.2, 0.25) is 0 Å². The Labute approximate surface area is 81.1 Å². The molecule has 1 rings (SSSR count). The normalized spacial score (nSPS) is 9.50. The van der Waals surface area contributed by atoms with Crippen molar-refractivity contribution in [1.82, 2.24) is 0 Å². The average Bonchev–Trinajstić information content (AvgIpc) is 2.17. The van der Waals surface area contributed by atoms with Crippen LogP contribution in [0.15, 0.2) is 24.8 Å². The second kappa shape index (κ2) is 3.83. The molecule has 74 valence electrons. The van der Waals surface area contributed by atoms with Crippen LogP contribution in [0, 0.1) is 0 Å². The van der Waals surface area contributed by atoms with E-state index in [0.29, 0.717) is 5.56 Å². The van der Waals surface area contributed by atoms with Gasteiger partial charge >= 0.3 is 5.97 Å². The highest BCUT2D eigenvalue weighted by atomic mass is 16.5. The molecule has 0 unspecified atom stereocenters. The van der Waals surface area contributed by atoms with Gasteiger partial charge in [-0.25, -0.2) is 4.79 Å². The van der Waals surface area contributed by atoms with Gasteiger partial charge in [0.25, 0.3) is 0 Å². The molecular weight excluding hydrogens is 184 g/mol. The summed E-state index contributed by atoms with van der Waals surface area (Å²) in [5, 5.41) is 17.9. The monoisotopic (exact) mass is 194 g/mol. The minimum atomic E-state index is -1.10. The molecule has 0 atom stereocenters. The van der Waals surface area contributed by atoms with Crippen LogP contribution < -0.4 is 4.74 Å². The first-order valence-corrected chi connectivity index (χ1v) is 3.86. The number of hydrogen-bond donors (Lipinski definition) is 2. The summed E-state index contributed by atoms with van der Waals surface area (Å²) < 4.78 is 4.83. The molecule has 0 amide bonds. The zero-order valence-electron chi connectivity index (χ0n) is 7.65. The van der Waals surface area contributed by atoms with Crippen molar-refractivity contribution in [3.05, 3.63) is 30.3 Å². The Balaban J connectivity index is 3.12. The minimum absolute atomic E-state index is 0.0329. The van der Waals surface area contributed by atoms with E-state index < -0.39 is 5.97 Å². The molecule has 0 saturated carbocycles. The van der Waals surface area contributed by atoms with Crippen LogP contribution in [0.3, 0.4) is 0 Å². The Kier molecular flexibility index (Phi) is 2.76. The molecule has 0 heterocycles. The van der Waals surface area contributed by atoms with E-state index >= 15 is 0 Å². The first-order valence-electron chi connectivity index (χ1n) is 3.86. The molecule has 14 heavy (non-hydrogen) atoms. The summed E-state index contributed by atoms with van der Waals surface area (Å²) >= 11 is 0. The van der Waals surface area contributed by atoms with Crippen molar-refractivity contribution in [3.8, 4) is 11.5 Å². The molecule has 0 aliphatic carbocycles. The van der Waals surface area contributed by atoms with E-state index in [1.807, 2.05) is 0 Å². The number of benzene rings is 1. The number of rotatable bonds is 3. The summed E-state index contributed by atoms with van der Waals surface area (Å²) in [5.41, 5.74) is 0.371. The fourth-order valence-electron chi connectivity index (χ4n) is 0.989. The van der Waals surface area contributed by atoms with Gasteiger partial charge in [-0.1, -0.05) is 12.6 Å². The highest BCUT2D eigenvalue weighted by Gasteiger charge is 2.09. The lowest BCUT2D eigenvalue weighted by molar-refractivity contribution is -0.130. The Morgan fingerprint density at radius 1 is 1.50 bits per heavy atom. The quantitative estimate of drug-likeness (QED) is 0.715. The number of carboxylic acids is 1. The Bertz CT molecular complexity index is 382. The molecule has 0 bridgehead atoms. The van der Waals surface area contributed by atoms with Crippen LogP contribution in [0.25, 0.3) is 5.57 Å². The van der Waals surface area contributed by atoms with Crippen LogP contribution in [0.2, 0.25) is 0 Å². The lowest BCUT2D eigenvalue weighted by atomic mass is 10.1. The van der Waals surface area contributed by atoms with Gasteiger partial charge in [-0.2, -0.15) is 0 Å². The molecule has 4 heteroatoms. The van der Waals surface area contributed by atoms with Gasteiger partial charge in [0.1, 0.15) is 0 Å². The predicted molar refractivity (Wildman–Crippen MR) is 51.3 cm³/mol. The minimum Gasteiger partial charge on any atom is -0.504 e. The van der Waals surface area contributed by atoms with Crippen molar-refractivity contribution in [3.63, 3.8) is 0 Å². The van der Waals surface area contributed by atoms with Crippen molar-refractivity contribution in [2.75, 3.05) is 7.11 Å². The third-order valence-electron chi connectivity index (χ3n) is 1.79. The topological polar surface area (TPSA) is 66.8 Å². The Morgan fingerprint density at radius 2 is 2.14 bits per heavy atom. The molecule has 0 saturated heterocycles. The standard InChI is InChI=1S/C10H10O4/c1-6(10(12)13)7-3-4-8(11)9(5-7)14-2/h3-5,11H,1H2,2H3,(H,12,13). The zero-order chi connectivity index (χ0) is 10.7. The highest BCUT2D eigenvalue weighted by molar-refractivity contribution is 6.14. The van der Waals surface area contributed by atoms with Gasteiger partial charge in [0, 0.05) is 0 Å². The number of carboxylic acid groups (broad SMARTS) is 1. The summed E-state index contributed by atoms with van der Waals surface area (Å²) in [6.07, 6.45) is 0. The summed E-state index contributed by atoms with van der Waals surface area (Å²) in [5.74, 6) is -0.905. The number of carbonyl (C=O) groups is 1. The molecule has 0 fully saturated rings. The number of aromatic hydroxyl groups is 1. The fourth-order valence-corrected chi connectivity index (χ4v) is 0.989. The average molecular weight is 194 g/mol. The van der Waals surface area contributed by atoms with Crippen molar-refractivity contribution >= 4 is 11.5 Å². The van der Waals surface area contributed by atoms with Crippen LogP contribution in [0.5, 0.6) is 11.5 Å². The number of methoxy groups -OCH3 is 1. The van der Waals surface area contributed by atoms with Gasteiger partial charge < -0.3 is 14.9 Å². The number of ether oxygens (including phenoxy) is 1. The molecule has 4 nitrogen and oxygen atoms in total. The lowest BCUT2D eigenvalue weighted by Gasteiger charge is -2.05. The summed E-state index contributed by atoms with van der Waals surface area (Å²) in [7, 11) is 1.39. The smallest absolute Gasteiger partial charge is 0.335 e. The molecule has 1 aromatic carbocycles. The summed E-state index contributed by atoms with van der Waals surface area (Å²) in [6.45, 7) is 3.39. The zero-order valence-corrected chi connectivity index (χ0v) is 7.65. The number of aliphatic carboxylic acids is 1. The molecule has 0 aliphatic rings. The van der Waals surface area contributed by atoms with E-state index in [2.05, 4.69) is 6.58 Å². The van der Waals surface area contributed by atoms with E-state index in [9.17, 15) is 9.90 Å². The van der Waals surface area contributed by atoms with E-state index in [1.54, 1.807) is 0 Å². The molecule has 1 aromatic rings. The van der Waals surface area contributed by atoms with Crippen LogP contribution >= 0.6 is 0 Å². The molecular formula is C10H10O4. The van der Waals surface area contributed by atoms with Crippen molar-refractivity contribution in [2.45, 2.75) is 0 Å². The maximum Gasteiger partial charge on any atom is 0.335 e. The van der Waals surface area contributed by atoms with Gasteiger partial charge in [-0.15, -0.1) is 0 Å². The largest absolute Gasteiger partial charge is 0.504 e. The first-order chi connectivity index (χ1) is 6.56. The summed E-state index contributed by atoms with van der Waals surface area (Å²) in [4.78, 5) is 10.6. The Hall–Kier alpha value is -1.97. The van der Waals surface area contributed by atoms with Gasteiger partial charge in [-0.05, 0) is 17.7 Å². The molecule has 0 aliphatic heterocycles. The van der Waals surface area contributed by atoms with Crippen molar-refractivity contribution in [2.24, 2.45) is 0 Å². The van der Waals surface area contributed by atoms with Crippen molar-refractivity contribution in [1.29, 1.82) is 0 Å². The predicted octanol–water partition coefficient (Wildman–Crippen LogP) is 1.50. The van der Waals surface area contributed by atoms with Gasteiger partial charge in [-0.3, -0.25) is 0 Å². The first kappa shape index (κ1) is 10.1. The lowest BCUT2D eigenvalue weighted by Crippen LogP contribution is -1.98. The molecule has 0 radical (unpaired) electrons. The van der Waals surface area contributed by atoms with Crippen LogP contribution in [0.1, 0.15) is 5.56 Å². The Morgan fingerprint density at radius 3 is 2.64 bits per heavy atom. The maximum atomic E-state index is 10.6. The summed E-state index contributed by atoms with van der Waals surface area (Å²) in [6, 6.07) is 4.25. The third-order valence-corrected chi connectivity index (χ3v) is 1.79. The third kappa shape index (κ3) is 1.85. The van der Waals surface area contributed by atoms with E-state index in [0.717, 1.165) is 0 Å². The molecule has 0 spiro atoms. The van der Waals surface area contributed by atoms with Crippen molar-refractivity contribution < 1.29 is 19.7 Å². The van der Waals surface area contributed by atoms with E-state index in [-0.39, 0.29) is 17.1 Å². The van der Waals surface area contributed by atoms with Crippen LogP contribution in [-0.2, 0) is 4.79 Å². The second-order valence-corrected chi connectivity index (χ2v) is 2.67. The van der Waals surface area contributed by atoms with E-state index in [1.165, 1.54) is 25.3 Å². The van der Waals surface area contributed by atoms with Crippen LogP contribution in [0.4, 0.5) is 0 Å². The number of phenolic OH excluding ortho intramolecular Hbond substituents is 1. The maximum absolute atomic E-state index is 10.6. The highest BCUT2D eigenvalue weighted by Crippen LogP contribution is 2.28. The van der Waals surface area contributed by atoms with Gasteiger partial charge in [0.15, 0.2) is 11.5 Å². The van der Waals surface area contributed by atoms with Crippen LogP contribution in [-0.4, -0.2) is 23.3 Å². The SMILES string of the molecule is C=C(C(=O)O)c1ccc(O)c(OC)c1. The number of hydrogen-bond acceptors (Lipinski definition) is 3. The second-order valence-electron chi connectivity index (χ2n) is 2.67. The molecule has 2 N–H and O–H groups in total. The molecule has 0 aromatic heterocycles. The van der Waals surface area contributed by atoms with E-state index in [4.69, 9.17) is 9.84 Å². The van der Waals surface area contributed by atoms with Gasteiger partial charge in [0.05, 0.1) is 12.7 Å². The number of phenols is 1. The fraction of sp³-hybridized carbons (Fsp3) is 0.100.